The average Bonchev–Trinajstić information content (AvgIpc) is 3.13. The summed E-state index contributed by atoms with van der Waals surface area (Å²) in [5, 5.41) is 2.92. The van der Waals surface area contributed by atoms with Crippen molar-refractivity contribution < 1.29 is 13.9 Å². The highest BCUT2D eigenvalue weighted by Gasteiger charge is 2.12. The molecule has 0 aliphatic heterocycles. The van der Waals surface area contributed by atoms with Crippen molar-refractivity contribution in [2.24, 2.45) is 0 Å². The van der Waals surface area contributed by atoms with Gasteiger partial charge in [-0.1, -0.05) is 12.1 Å². The number of aromatic nitrogens is 1. The molecule has 0 saturated carbocycles. The summed E-state index contributed by atoms with van der Waals surface area (Å²) in [6.07, 6.45) is 0.0457. The topological polar surface area (TPSA) is 64.4 Å². The SMILES string of the molecule is Cc1ccc(-c2nc3cc(NC(=O)c4cccc(OC(C)C)c4)ccc3o2)cc1C. The summed E-state index contributed by atoms with van der Waals surface area (Å²) < 4.78 is 11.6. The summed E-state index contributed by atoms with van der Waals surface area (Å²) in [7, 11) is 0. The van der Waals surface area contributed by atoms with Gasteiger partial charge in [-0.15, -0.1) is 0 Å². The number of hydrogen-bond acceptors (Lipinski definition) is 4. The highest BCUT2D eigenvalue weighted by molar-refractivity contribution is 6.05. The molecule has 0 unspecified atom stereocenters. The van der Waals surface area contributed by atoms with E-state index in [4.69, 9.17) is 9.15 Å². The Morgan fingerprint density at radius 1 is 1.00 bits per heavy atom. The van der Waals surface area contributed by atoms with Crippen molar-refractivity contribution in [1.29, 1.82) is 0 Å². The zero-order valence-corrected chi connectivity index (χ0v) is 17.5. The first kappa shape index (κ1) is 19.7. The molecule has 0 saturated heterocycles. The fraction of sp³-hybridized carbons (Fsp3) is 0.200. The lowest BCUT2D eigenvalue weighted by Gasteiger charge is -2.11. The first-order valence-corrected chi connectivity index (χ1v) is 9.95. The van der Waals surface area contributed by atoms with Crippen molar-refractivity contribution in [3.05, 3.63) is 77.4 Å². The van der Waals surface area contributed by atoms with Crippen molar-refractivity contribution in [1.82, 2.24) is 4.98 Å². The molecule has 5 nitrogen and oxygen atoms in total. The molecule has 0 atom stereocenters. The second-order valence-corrected chi connectivity index (χ2v) is 7.65. The van der Waals surface area contributed by atoms with Crippen molar-refractivity contribution in [2.75, 3.05) is 5.32 Å². The van der Waals surface area contributed by atoms with Crippen LogP contribution in [0.2, 0.25) is 0 Å². The second kappa shape index (κ2) is 8.03. The van der Waals surface area contributed by atoms with Crippen LogP contribution in [0, 0.1) is 13.8 Å². The van der Waals surface area contributed by atoms with Crippen LogP contribution < -0.4 is 10.1 Å². The van der Waals surface area contributed by atoms with Gasteiger partial charge in [-0.2, -0.15) is 0 Å². The molecule has 5 heteroatoms. The van der Waals surface area contributed by atoms with E-state index in [1.165, 1.54) is 11.1 Å². The lowest BCUT2D eigenvalue weighted by atomic mass is 10.1. The number of anilines is 1. The Morgan fingerprint density at radius 2 is 1.83 bits per heavy atom. The van der Waals surface area contributed by atoms with Gasteiger partial charge in [0.25, 0.3) is 5.91 Å². The van der Waals surface area contributed by atoms with Gasteiger partial charge in [-0.25, -0.2) is 4.98 Å². The number of fused-ring (bicyclic) bond motifs is 1. The molecular formula is C25H24N2O3. The predicted molar refractivity (Wildman–Crippen MR) is 119 cm³/mol. The standard InChI is InChI=1S/C25H24N2O3/c1-15(2)29-21-7-5-6-18(13-21)24(28)26-20-10-11-23-22(14-20)27-25(30-23)19-9-8-16(3)17(4)12-19/h5-15H,1-4H3,(H,26,28). The Hall–Kier alpha value is -3.60. The highest BCUT2D eigenvalue weighted by Crippen LogP contribution is 2.28. The van der Waals surface area contributed by atoms with E-state index in [2.05, 4.69) is 36.3 Å². The Kier molecular flexibility index (Phi) is 5.27. The zero-order valence-electron chi connectivity index (χ0n) is 17.5. The third kappa shape index (κ3) is 4.20. The third-order valence-corrected chi connectivity index (χ3v) is 4.87. The number of carbonyl (C=O) groups excluding carboxylic acids is 1. The van der Waals surface area contributed by atoms with Gasteiger partial charge in [-0.3, -0.25) is 4.79 Å². The molecule has 1 heterocycles. The maximum atomic E-state index is 12.7. The molecular weight excluding hydrogens is 376 g/mol. The van der Waals surface area contributed by atoms with E-state index in [1.807, 2.05) is 50.2 Å². The maximum Gasteiger partial charge on any atom is 0.255 e. The Morgan fingerprint density at radius 3 is 2.60 bits per heavy atom. The van der Waals surface area contributed by atoms with E-state index in [-0.39, 0.29) is 12.0 Å². The number of aryl methyl sites for hydroxylation is 2. The van der Waals surface area contributed by atoms with Gasteiger partial charge < -0.3 is 14.5 Å². The number of nitrogens with zero attached hydrogens (tertiary/aromatic N) is 1. The van der Waals surface area contributed by atoms with Crippen LogP contribution >= 0.6 is 0 Å². The van der Waals surface area contributed by atoms with E-state index in [0.29, 0.717) is 34.0 Å². The molecule has 4 aromatic rings. The minimum atomic E-state index is -0.207. The number of hydrogen-bond donors (Lipinski definition) is 1. The van der Waals surface area contributed by atoms with Gasteiger partial charge in [0.15, 0.2) is 5.58 Å². The molecule has 0 bridgehead atoms. The van der Waals surface area contributed by atoms with Gasteiger partial charge >= 0.3 is 0 Å². The number of benzene rings is 3. The summed E-state index contributed by atoms with van der Waals surface area (Å²) in [6, 6.07) is 18.7. The summed E-state index contributed by atoms with van der Waals surface area (Å²) in [5.74, 6) is 1.03. The van der Waals surface area contributed by atoms with Crippen molar-refractivity contribution in [3.63, 3.8) is 0 Å². The van der Waals surface area contributed by atoms with E-state index in [0.717, 1.165) is 5.56 Å². The first-order valence-electron chi connectivity index (χ1n) is 9.95. The lowest BCUT2D eigenvalue weighted by molar-refractivity contribution is 0.102. The molecule has 0 fully saturated rings. The van der Waals surface area contributed by atoms with Crippen molar-refractivity contribution in [2.45, 2.75) is 33.8 Å². The van der Waals surface area contributed by atoms with Crippen LogP contribution in [-0.4, -0.2) is 17.0 Å². The minimum Gasteiger partial charge on any atom is -0.491 e. The van der Waals surface area contributed by atoms with E-state index in [1.54, 1.807) is 12.1 Å². The van der Waals surface area contributed by atoms with Gasteiger partial charge in [0.1, 0.15) is 11.3 Å². The molecule has 1 N–H and O–H groups in total. The van der Waals surface area contributed by atoms with Gasteiger partial charge in [0, 0.05) is 16.8 Å². The molecule has 4 rings (SSSR count). The summed E-state index contributed by atoms with van der Waals surface area (Å²) >= 11 is 0. The molecule has 0 aliphatic carbocycles. The molecule has 152 valence electrons. The molecule has 1 aromatic heterocycles. The summed E-state index contributed by atoms with van der Waals surface area (Å²) in [4.78, 5) is 17.3. The lowest BCUT2D eigenvalue weighted by Crippen LogP contribution is -2.12. The largest absolute Gasteiger partial charge is 0.491 e. The second-order valence-electron chi connectivity index (χ2n) is 7.65. The first-order chi connectivity index (χ1) is 14.4. The third-order valence-electron chi connectivity index (χ3n) is 4.87. The molecule has 0 aliphatic rings. The predicted octanol–water partition coefficient (Wildman–Crippen LogP) is 6.15. The van der Waals surface area contributed by atoms with Crippen LogP contribution in [0.1, 0.15) is 35.3 Å². The van der Waals surface area contributed by atoms with Crippen molar-refractivity contribution in [3.8, 4) is 17.2 Å². The Bertz CT molecular complexity index is 1220. The molecule has 1 amide bonds. The fourth-order valence-corrected chi connectivity index (χ4v) is 3.19. The van der Waals surface area contributed by atoms with Crippen LogP contribution in [0.4, 0.5) is 5.69 Å². The smallest absolute Gasteiger partial charge is 0.255 e. The molecule has 3 aromatic carbocycles. The number of nitrogens with one attached hydrogen (secondary N) is 1. The van der Waals surface area contributed by atoms with Crippen LogP contribution in [0.5, 0.6) is 5.75 Å². The Balaban J connectivity index is 1.56. The summed E-state index contributed by atoms with van der Waals surface area (Å²) in [6.45, 7) is 8.04. The molecule has 30 heavy (non-hydrogen) atoms. The van der Waals surface area contributed by atoms with Gasteiger partial charge in [-0.05, 0) is 87.4 Å². The zero-order chi connectivity index (χ0) is 21.3. The van der Waals surface area contributed by atoms with Crippen molar-refractivity contribution >= 4 is 22.7 Å². The Labute approximate surface area is 175 Å². The number of amides is 1. The summed E-state index contributed by atoms with van der Waals surface area (Å²) in [5.41, 5.74) is 5.90. The fourth-order valence-electron chi connectivity index (χ4n) is 3.19. The van der Waals surface area contributed by atoms with Crippen LogP contribution in [0.3, 0.4) is 0 Å². The number of oxazole rings is 1. The average molecular weight is 400 g/mol. The highest BCUT2D eigenvalue weighted by atomic mass is 16.5. The quantitative estimate of drug-likeness (QED) is 0.436. The van der Waals surface area contributed by atoms with Crippen LogP contribution in [-0.2, 0) is 0 Å². The number of rotatable bonds is 5. The van der Waals surface area contributed by atoms with Crippen LogP contribution in [0.25, 0.3) is 22.6 Å². The normalized spacial score (nSPS) is 11.1. The van der Waals surface area contributed by atoms with Gasteiger partial charge in [0.05, 0.1) is 6.10 Å². The monoisotopic (exact) mass is 400 g/mol. The van der Waals surface area contributed by atoms with Gasteiger partial charge in [0.2, 0.25) is 5.89 Å². The number of ether oxygens (including phenoxy) is 1. The van der Waals surface area contributed by atoms with Crippen LogP contribution in [0.15, 0.2) is 65.1 Å². The van der Waals surface area contributed by atoms with E-state index in [9.17, 15) is 4.79 Å². The molecule has 0 radical (unpaired) electrons. The maximum absolute atomic E-state index is 12.7. The number of carbonyl (C=O) groups is 1. The molecule has 0 spiro atoms. The minimum absolute atomic E-state index is 0.0457. The van der Waals surface area contributed by atoms with E-state index >= 15 is 0 Å². The van der Waals surface area contributed by atoms with E-state index < -0.39 is 0 Å².